The van der Waals surface area contributed by atoms with Crippen molar-refractivity contribution in [3.63, 3.8) is 0 Å². The van der Waals surface area contributed by atoms with Gasteiger partial charge in [0.2, 0.25) is 0 Å². The van der Waals surface area contributed by atoms with Gasteiger partial charge in [-0.1, -0.05) is 13.8 Å². The predicted octanol–water partition coefficient (Wildman–Crippen LogP) is 3.48. The van der Waals surface area contributed by atoms with Crippen LogP contribution in [0.25, 0.3) is 10.2 Å². The van der Waals surface area contributed by atoms with Gasteiger partial charge in [-0.25, -0.2) is 9.97 Å². The zero-order valence-electron chi connectivity index (χ0n) is 14.1. The second-order valence-corrected chi connectivity index (χ2v) is 7.14. The minimum Gasteiger partial charge on any atom is -0.356 e. The Hall–Kier alpha value is -1.20. The minimum atomic E-state index is 0.754. The van der Waals surface area contributed by atoms with Gasteiger partial charge in [-0.15, -0.1) is 11.3 Å². The van der Waals surface area contributed by atoms with Gasteiger partial charge in [0.1, 0.15) is 16.5 Å². The Bertz CT molecular complexity index is 647. The number of hydrogen-bond donors (Lipinski definition) is 0. The molecular formula is C17H26N4S. The Morgan fingerprint density at radius 1 is 1.27 bits per heavy atom. The Morgan fingerprint density at radius 2 is 2.05 bits per heavy atom. The molecule has 0 spiro atoms. The summed E-state index contributed by atoms with van der Waals surface area (Å²) < 4.78 is 0. The van der Waals surface area contributed by atoms with Crippen LogP contribution in [0, 0.1) is 19.8 Å². The SMILES string of the molecule is CCN(CC)CC1CCN(c2nc(C)nc3scc(C)c23)C1. The van der Waals surface area contributed by atoms with E-state index in [9.17, 15) is 0 Å². The van der Waals surface area contributed by atoms with Gasteiger partial charge in [0, 0.05) is 19.6 Å². The summed E-state index contributed by atoms with van der Waals surface area (Å²) in [6.07, 6.45) is 1.27. The molecule has 2 aromatic rings. The molecule has 0 amide bonds. The normalized spacial score (nSPS) is 18.8. The van der Waals surface area contributed by atoms with E-state index in [0.29, 0.717) is 0 Å². The summed E-state index contributed by atoms with van der Waals surface area (Å²) in [4.78, 5) is 15.5. The number of fused-ring (bicyclic) bond motifs is 1. The largest absolute Gasteiger partial charge is 0.356 e. The molecule has 0 saturated carbocycles. The molecule has 0 N–H and O–H groups in total. The fourth-order valence-electron chi connectivity index (χ4n) is 3.42. The zero-order chi connectivity index (χ0) is 15.7. The summed E-state index contributed by atoms with van der Waals surface area (Å²) in [6.45, 7) is 14.4. The van der Waals surface area contributed by atoms with E-state index in [1.807, 2.05) is 6.92 Å². The van der Waals surface area contributed by atoms with E-state index < -0.39 is 0 Å². The highest BCUT2D eigenvalue weighted by atomic mass is 32.1. The molecule has 0 aromatic carbocycles. The van der Waals surface area contributed by atoms with Crippen molar-refractivity contribution in [1.82, 2.24) is 14.9 Å². The first-order valence-electron chi connectivity index (χ1n) is 8.32. The number of anilines is 1. The fraction of sp³-hybridized carbons (Fsp3) is 0.647. The fourth-order valence-corrected chi connectivity index (χ4v) is 4.38. The first-order valence-corrected chi connectivity index (χ1v) is 9.20. The molecule has 2 aromatic heterocycles. The maximum absolute atomic E-state index is 4.78. The first kappa shape index (κ1) is 15.7. The first-order chi connectivity index (χ1) is 10.6. The molecule has 4 nitrogen and oxygen atoms in total. The lowest BCUT2D eigenvalue weighted by molar-refractivity contribution is 0.261. The number of hydrogen-bond acceptors (Lipinski definition) is 5. The minimum absolute atomic E-state index is 0.754. The molecule has 3 heterocycles. The summed E-state index contributed by atoms with van der Waals surface area (Å²) >= 11 is 1.73. The number of nitrogens with zero attached hydrogens (tertiary/aromatic N) is 4. The molecule has 1 atom stereocenters. The summed E-state index contributed by atoms with van der Waals surface area (Å²) in [5.74, 6) is 2.80. The lowest BCUT2D eigenvalue weighted by Gasteiger charge is -2.23. The van der Waals surface area contributed by atoms with Gasteiger partial charge in [-0.3, -0.25) is 0 Å². The van der Waals surface area contributed by atoms with E-state index >= 15 is 0 Å². The highest BCUT2D eigenvalue weighted by molar-refractivity contribution is 7.17. The maximum Gasteiger partial charge on any atom is 0.141 e. The van der Waals surface area contributed by atoms with E-state index in [-0.39, 0.29) is 0 Å². The average Bonchev–Trinajstić information content (AvgIpc) is 3.11. The summed E-state index contributed by atoms with van der Waals surface area (Å²) in [7, 11) is 0. The molecule has 0 bridgehead atoms. The third kappa shape index (κ3) is 2.97. The smallest absolute Gasteiger partial charge is 0.141 e. The molecule has 1 saturated heterocycles. The molecule has 0 aliphatic carbocycles. The van der Waals surface area contributed by atoms with Crippen LogP contribution in [-0.4, -0.2) is 47.6 Å². The monoisotopic (exact) mass is 318 g/mol. The molecule has 120 valence electrons. The van der Waals surface area contributed by atoms with Crippen LogP contribution in [0.2, 0.25) is 0 Å². The Labute approximate surface area is 137 Å². The van der Waals surface area contributed by atoms with Crippen LogP contribution in [0.3, 0.4) is 0 Å². The van der Waals surface area contributed by atoms with Crippen LogP contribution in [0.15, 0.2) is 5.38 Å². The second kappa shape index (κ2) is 6.50. The molecule has 1 unspecified atom stereocenters. The Morgan fingerprint density at radius 3 is 2.77 bits per heavy atom. The van der Waals surface area contributed by atoms with Gasteiger partial charge in [-0.05, 0) is 50.2 Å². The van der Waals surface area contributed by atoms with Gasteiger partial charge in [-0.2, -0.15) is 0 Å². The van der Waals surface area contributed by atoms with E-state index in [1.54, 1.807) is 11.3 Å². The number of rotatable bonds is 5. The van der Waals surface area contributed by atoms with Gasteiger partial charge in [0.05, 0.1) is 5.39 Å². The molecular weight excluding hydrogens is 292 g/mol. The van der Waals surface area contributed by atoms with E-state index in [1.165, 1.54) is 23.9 Å². The maximum atomic E-state index is 4.78. The van der Waals surface area contributed by atoms with Gasteiger partial charge in [0.15, 0.2) is 0 Å². The summed E-state index contributed by atoms with van der Waals surface area (Å²) in [6, 6.07) is 0. The lowest BCUT2D eigenvalue weighted by atomic mass is 10.1. The molecule has 1 aliphatic rings. The Kier molecular flexibility index (Phi) is 4.64. The van der Waals surface area contributed by atoms with Crippen molar-refractivity contribution >= 4 is 27.4 Å². The van der Waals surface area contributed by atoms with Crippen LogP contribution >= 0.6 is 11.3 Å². The van der Waals surface area contributed by atoms with E-state index in [0.717, 1.165) is 48.6 Å². The lowest BCUT2D eigenvalue weighted by Crippen LogP contribution is -2.31. The molecule has 1 fully saturated rings. The van der Waals surface area contributed by atoms with Crippen molar-refractivity contribution in [2.75, 3.05) is 37.6 Å². The highest BCUT2D eigenvalue weighted by Crippen LogP contribution is 2.34. The average molecular weight is 318 g/mol. The van der Waals surface area contributed by atoms with Crippen LogP contribution in [0.5, 0.6) is 0 Å². The van der Waals surface area contributed by atoms with Crippen molar-refractivity contribution < 1.29 is 0 Å². The van der Waals surface area contributed by atoms with E-state index in [2.05, 4.69) is 40.9 Å². The van der Waals surface area contributed by atoms with Gasteiger partial charge < -0.3 is 9.80 Å². The summed E-state index contributed by atoms with van der Waals surface area (Å²) in [5, 5.41) is 3.46. The highest BCUT2D eigenvalue weighted by Gasteiger charge is 2.27. The van der Waals surface area contributed by atoms with Crippen molar-refractivity contribution in [1.29, 1.82) is 0 Å². The van der Waals surface area contributed by atoms with Crippen molar-refractivity contribution in [2.24, 2.45) is 5.92 Å². The van der Waals surface area contributed by atoms with Gasteiger partial charge in [0.25, 0.3) is 0 Å². The summed E-state index contributed by atoms with van der Waals surface area (Å²) in [5.41, 5.74) is 1.31. The number of thiophene rings is 1. The molecule has 3 rings (SSSR count). The standard InChI is InChI=1S/C17H26N4S/c1-5-20(6-2)9-14-7-8-21(10-14)16-15-12(3)11-22-17(15)19-13(4)18-16/h11,14H,5-10H2,1-4H3. The predicted molar refractivity (Wildman–Crippen MR) is 95.0 cm³/mol. The van der Waals surface area contributed by atoms with Crippen LogP contribution < -0.4 is 4.90 Å². The third-order valence-corrected chi connectivity index (χ3v) is 5.70. The van der Waals surface area contributed by atoms with Gasteiger partial charge >= 0.3 is 0 Å². The molecule has 0 radical (unpaired) electrons. The van der Waals surface area contributed by atoms with Crippen molar-refractivity contribution in [3.05, 3.63) is 16.8 Å². The second-order valence-electron chi connectivity index (χ2n) is 6.28. The molecule has 1 aliphatic heterocycles. The molecule has 22 heavy (non-hydrogen) atoms. The van der Waals surface area contributed by atoms with Crippen LogP contribution in [0.4, 0.5) is 5.82 Å². The zero-order valence-corrected chi connectivity index (χ0v) is 14.9. The third-order valence-electron chi connectivity index (χ3n) is 4.71. The Balaban J connectivity index is 1.82. The van der Waals surface area contributed by atoms with Crippen molar-refractivity contribution in [3.8, 4) is 0 Å². The molecule has 5 heteroatoms. The van der Waals surface area contributed by atoms with Crippen LogP contribution in [-0.2, 0) is 0 Å². The van der Waals surface area contributed by atoms with E-state index in [4.69, 9.17) is 4.98 Å². The van der Waals surface area contributed by atoms with Crippen LogP contribution in [0.1, 0.15) is 31.7 Å². The quantitative estimate of drug-likeness (QED) is 0.845. The number of aryl methyl sites for hydroxylation is 2. The topological polar surface area (TPSA) is 32.3 Å². The number of aromatic nitrogens is 2. The van der Waals surface area contributed by atoms with Crippen molar-refractivity contribution in [2.45, 2.75) is 34.1 Å².